The molecular formula is C14H16N4O3. The molecule has 110 valence electrons. The second kappa shape index (κ2) is 6.17. The van der Waals surface area contributed by atoms with Crippen LogP contribution in [0.1, 0.15) is 35.5 Å². The van der Waals surface area contributed by atoms with E-state index in [2.05, 4.69) is 10.4 Å². The van der Waals surface area contributed by atoms with Gasteiger partial charge in [0.1, 0.15) is 0 Å². The van der Waals surface area contributed by atoms with Crippen LogP contribution in [0.15, 0.2) is 27.8 Å². The van der Waals surface area contributed by atoms with Gasteiger partial charge in [-0.05, 0) is 24.0 Å². The molecule has 0 aliphatic carbocycles. The number of aryl methyl sites for hydroxylation is 2. The van der Waals surface area contributed by atoms with Crippen LogP contribution in [0, 0.1) is 0 Å². The first-order chi connectivity index (χ1) is 10.1. The normalized spacial score (nSPS) is 10.4. The van der Waals surface area contributed by atoms with E-state index in [4.69, 9.17) is 0 Å². The Hall–Kier alpha value is -2.70. The average molecular weight is 288 g/mol. The lowest BCUT2D eigenvalue weighted by Crippen LogP contribution is -2.32. The molecule has 0 unspecified atom stereocenters. The minimum absolute atomic E-state index is 0.373. The summed E-state index contributed by atoms with van der Waals surface area (Å²) < 4.78 is 0. The number of carbonyl (C=O) groups is 1. The molecule has 1 aromatic heterocycles. The standard InChI is InChI=1S/C14H16N4O3/c1-3-8-6-5-7-9(4-2)10(8)15-12(19)11-13(20)16-14(21)18-17-11/h5-7H,3-4H2,1-2H3,(H,15,19)(H2,16,18,20,21). The maximum Gasteiger partial charge on any atom is 0.342 e. The zero-order valence-electron chi connectivity index (χ0n) is 11.8. The summed E-state index contributed by atoms with van der Waals surface area (Å²) in [6, 6.07) is 5.76. The number of benzene rings is 1. The Morgan fingerprint density at radius 2 is 1.81 bits per heavy atom. The molecule has 0 aliphatic rings. The summed E-state index contributed by atoms with van der Waals surface area (Å²) in [5, 5.41) is 8.25. The number of amides is 1. The first kappa shape index (κ1) is 14.7. The summed E-state index contributed by atoms with van der Waals surface area (Å²) in [6.45, 7) is 3.96. The fourth-order valence-corrected chi connectivity index (χ4v) is 2.08. The molecule has 0 bridgehead atoms. The number of para-hydroxylation sites is 1. The molecule has 2 aromatic rings. The maximum atomic E-state index is 12.2. The summed E-state index contributed by atoms with van der Waals surface area (Å²) in [7, 11) is 0. The third-order valence-electron chi connectivity index (χ3n) is 3.16. The molecule has 1 aromatic carbocycles. The molecule has 2 rings (SSSR count). The van der Waals surface area contributed by atoms with E-state index < -0.39 is 17.2 Å². The van der Waals surface area contributed by atoms with E-state index in [9.17, 15) is 14.4 Å². The molecule has 1 amide bonds. The van der Waals surface area contributed by atoms with Gasteiger partial charge in [0.15, 0.2) is 0 Å². The number of aromatic nitrogens is 3. The number of hydrogen-bond donors (Lipinski definition) is 3. The van der Waals surface area contributed by atoms with Gasteiger partial charge in [0.05, 0.1) is 0 Å². The highest BCUT2D eigenvalue weighted by Crippen LogP contribution is 2.22. The number of H-pyrrole nitrogens is 2. The molecule has 7 heteroatoms. The average Bonchev–Trinajstić information content (AvgIpc) is 2.47. The van der Waals surface area contributed by atoms with Crippen molar-refractivity contribution in [3.05, 3.63) is 55.9 Å². The molecule has 3 N–H and O–H groups in total. The van der Waals surface area contributed by atoms with Crippen LogP contribution >= 0.6 is 0 Å². The smallest absolute Gasteiger partial charge is 0.320 e. The van der Waals surface area contributed by atoms with Crippen LogP contribution in [-0.4, -0.2) is 21.1 Å². The lowest BCUT2D eigenvalue weighted by Gasteiger charge is -2.13. The van der Waals surface area contributed by atoms with Gasteiger partial charge in [-0.1, -0.05) is 32.0 Å². The number of aromatic amines is 2. The Kier molecular flexibility index (Phi) is 4.32. The molecule has 0 fully saturated rings. The van der Waals surface area contributed by atoms with Gasteiger partial charge in [-0.25, -0.2) is 9.89 Å². The largest absolute Gasteiger partial charge is 0.342 e. The van der Waals surface area contributed by atoms with E-state index >= 15 is 0 Å². The van der Waals surface area contributed by atoms with E-state index in [-0.39, 0.29) is 5.69 Å². The monoisotopic (exact) mass is 288 g/mol. The van der Waals surface area contributed by atoms with Crippen molar-refractivity contribution in [1.82, 2.24) is 15.2 Å². The predicted octanol–water partition coefficient (Wildman–Crippen LogP) is 0.835. The Morgan fingerprint density at radius 3 is 2.33 bits per heavy atom. The molecule has 0 aliphatic heterocycles. The van der Waals surface area contributed by atoms with Gasteiger partial charge >= 0.3 is 5.69 Å². The number of nitrogens with one attached hydrogen (secondary N) is 3. The Bertz CT molecular complexity index is 754. The number of anilines is 1. The van der Waals surface area contributed by atoms with Crippen LogP contribution in [0.5, 0.6) is 0 Å². The summed E-state index contributed by atoms with van der Waals surface area (Å²) in [5.74, 6) is -0.650. The lowest BCUT2D eigenvalue weighted by molar-refractivity contribution is 0.101. The molecule has 0 spiro atoms. The van der Waals surface area contributed by atoms with Crippen molar-refractivity contribution in [3.8, 4) is 0 Å². The van der Waals surface area contributed by atoms with E-state index in [1.807, 2.05) is 42.1 Å². The molecule has 0 radical (unpaired) electrons. The van der Waals surface area contributed by atoms with Crippen LogP contribution in [0.3, 0.4) is 0 Å². The van der Waals surface area contributed by atoms with Crippen LogP contribution in [0.25, 0.3) is 0 Å². The van der Waals surface area contributed by atoms with Gasteiger partial charge in [-0.2, -0.15) is 5.10 Å². The van der Waals surface area contributed by atoms with Crippen LogP contribution in [0.2, 0.25) is 0 Å². The van der Waals surface area contributed by atoms with Gasteiger partial charge in [-0.3, -0.25) is 14.6 Å². The molecular weight excluding hydrogens is 272 g/mol. The highest BCUT2D eigenvalue weighted by Gasteiger charge is 2.16. The maximum absolute atomic E-state index is 12.2. The quantitative estimate of drug-likeness (QED) is 0.774. The Balaban J connectivity index is 2.40. The van der Waals surface area contributed by atoms with Crippen LogP contribution < -0.4 is 16.6 Å². The number of rotatable bonds is 4. The molecule has 0 atom stereocenters. The SMILES string of the molecule is CCc1cccc(CC)c1NC(=O)c1n[nH]c(=O)[nH]c1=O. The van der Waals surface area contributed by atoms with Crippen molar-refractivity contribution in [2.24, 2.45) is 0 Å². The highest BCUT2D eigenvalue weighted by molar-refractivity contribution is 6.03. The second-order valence-corrected chi connectivity index (χ2v) is 4.47. The van der Waals surface area contributed by atoms with Crippen molar-refractivity contribution in [2.45, 2.75) is 26.7 Å². The highest BCUT2D eigenvalue weighted by atomic mass is 16.2. The number of nitrogens with zero attached hydrogens (tertiary/aromatic N) is 1. The van der Waals surface area contributed by atoms with Crippen molar-refractivity contribution < 1.29 is 4.79 Å². The van der Waals surface area contributed by atoms with E-state index in [0.717, 1.165) is 24.0 Å². The number of carbonyl (C=O) groups excluding carboxylic acids is 1. The van der Waals surface area contributed by atoms with Crippen molar-refractivity contribution in [3.63, 3.8) is 0 Å². The first-order valence-electron chi connectivity index (χ1n) is 6.67. The van der Waals surface area contributed by atoms with E-state index in [1.165, 1.54) is 0 Å². The summed E-state index contributed by atoms with van der Waals surface area (Å²) in [5.41, 5.74) is 0.706. The minimum atomic E-state index is -0.816. The molecule has 0 saturated carbocycles. The first-order valence-corrected chi connectivity index (χ1v) is 6.67. The Morgan fingerprint density at radius 1 is 1.19 bits per heavy atom. The van der Waals surface area contributed by atoms with E-state index in [1.54, 1.807) is 0 Å². The molecule has 7 nitrogen and oxygen atoms in total. The van der Waals surface area contributed by atoms with Crippen molar-refractivity contribution in [2.75, 3.05) is 5.32 Å². The summed E-state index contributed by atoms with van der Waals surface area (Å²) in [4.78, 5) is 36.6. The lowest BCUT2D eigenvalue weighted by atomic mass is 10.0. The Labute approximate surface area is 120 Å². The summed E-state index contributed by atoms with van der Waals surface area (Å²) in [6.07, 6.45) is 1.50. The zero-order chi connectivity index (χ0) is 15.4. The van der Waals surface area contributed by atoms with Gasteiger partial charge in [-0.15, -0.1) is 0 Å². The predicted molar refractivity (Wildman–Crippen MR) is 78.6 cm³/mol. The van der Waals surface area contributed by atoms with Crippen molar-refractivity contribution >= 4 is 11.6 Å². The molecule has 21 heavy (non-hydrogen) atoms. The topological polar surface area (TPSA) is 108 Å². The fraction of sp³-hybridized carbons (Fsp3) is 0.286. The number of hydrogen-bond acceptors (Lipinski definition) is 4. The molecule has 0 saturated heterocycles. The minimum Gasteiger partial charge on any atom is -0.320 e. The third kappa shape index (κ3) is 3.07. The molecule has 1 heterocycles. The fourth-order valence-electron chi connectivity index (χ4n) is 2.08. The zero-order valence-corrected chi connectivity index (χ0v) is 11.8. The van der Waals surface area contributed by atoms with Gasteiger partial charge < -0.3 is 5.32 Å². The second-order valence-electron chi connectivity index (χ2n) is 4.47. The van der Waals surface area contributed by atoms with Gasteiger partial charge in [0.2, 0.25) is 5.69 Å². The van der Waals surface area contributed by atoms with Crippen LogP contribution in [0.4, 0.5) is 5.69 Å². The van der Waals surface area contributed by atoms with Crippen LogP contribution in [-0.2, 0) is 12.8 Å². The van der Waals surface area contributed by atoms with E-state index in [0.29, 0.717) is 5.69 Å². The van der Waals surface area contributed by atoms with Gasteiger partial charge in [0.25, 0.3) is 11.5 Å². The van der Waals surface area contributed by atoms with Gasteiger partial charge in [0, 0.05) is 5.69 Å². The third-order valence-corrected chi connectivity index (χ3v) is 3.16. The summed E-state index contributed by atoms with van der Waals surface area (Å²) >= 11 is 0. The van der Waals surface area contributed by atoms with Crippen molar-refractivity contribution in [1.29, 1.82) is 0 Å².